The number of ether oxygens (including phenoxy) is 2. The maximum absolute atomic E-state index is 12.8. The summed E-state index contributed by atoms with van der Waals surface area (Å²) in [4.78, 5) is 24.8. The lowest BCUT2D eigenvalue weighted by Crippen LogP contribution is -2.30. The molecule has 0 aromatic heterocycles. The lowest BCUT2D eigenvalue weighted by molar-refractivity contribution is -0.123. The predicted molar refractivity (Wildman–Crippen MR) is 130 cm³/mol. The molecule has 0 aliphatic heterocycles. The highest BCUT2D eigenvalue weighted by Crippen LogP contribution is 2.27. The molecule has 8 nitrogen and oxygen atoms in total. The van der Waals surface area contributed by atoms with Crippen LogP contribution in [0.4, 0.5) is 11.4 Å². The van der Waals surface area contributed by atoms with Gasteiger partial charge < -0.3 is 14.8 Å². The molecule has 0 aliphatic rings. The van der Waals surface area contributed by atoms with Crippen molar-refractivity contribution in [2.24, 2.45) is 0 Å². The molecule has 1 amide bonds. The summed E-state index contributed by atoms with van der Waals surface area (Å²) in [6.45, 7) is 1.38. The zero-order valence-corrected chi connectivity index (χ0v) is 20.4. The van der Waals surface area contributed by atoms with Crippen LogP contribution in [0, 0.1) is 0 Å². The molecule has 0 heterocycles. The van der Waals surface area contributed by atoms with E-state index >= 15 is 0 Å². The first-order valence-electron chi connectivity index (χ1n) is 9.83. The molecule has 0 bridgehead atoms. The molecular formula is C23H20Cl2N2O6S. The van der Waals surface area contributed by atoms with Gasteiger partial charge in [0.1, 0.15) is 5.75 Å². The van der Waals surface area contributed by atoms with Crippen molar-refractivity contribution in [3.05, 3.63) is 82.3 Å². The minimum Gasteiger partial charge on any atom is -0.495 e. The van der Waals surface area contributed by atoms with Crippen LogP contribution in [0.5, 0.6) is 5.75 Å². The maximum atomic E-state index is 12.8. The van der Waals surface area contributed by atoms with Gasteiger partial charge in [0, 0.05) is 5.02 Å². The number of rotatable bonds is 8. The Morgan fingerprint density at radius 2 is 1.68 bits per heavy atom. The Kier molecular flexibility index (Phi) is 8.03. The molecule has 0 saturated carbocycles. The largest absolute Gasteiger partial charge is 0.495 e. The third kappa shape index (κ3) is 6.19. The van der Waals surface area contributed by atoms with E-state index in [2.05, 4.69) is 10.0 Å². The van der Waals surface area contributed by atoms with Gasteiger partial charge in [-0.25, -0.2) is 13.2 Å². The van der Waals surface area contributed by atoms with E-state index in [1.54, 1.807) is 30.3 Å². The van der Waals surface area contributed by atoms with Crippen molar-refractivity contribution in [1.29, 1.82) is 0 Å². The fourth-order valence-corrected chi connectivity index (χ4v) is 4.40. The highest BCUT2D eigenvalue weighted by Gasteiger charge is 2.22. The second kappa shape index (κ2) is 10.8. The summed E-state index contributed by atoms with van der Waals surface area (Å²) in [5.41, 5.74) is 0.491. The molecule has 11 heteroatoms. The van der Waals surface area contributed by atoms with Crippen molar-refractivity contribution in [2.45, 2.75) is 17.9 Å². The van der Waals surface area contributed by atoms with Crippen LogP contribution < -0.4 is 14.8 Å². The Balaban J connectivity index is 1.71. The quantitative estimate of drug-likeness (QED) is 0.403. The first-order chi connectivity index (χ1) is 16.1. The lowest BCUT2D eigenvalue weighted by Gasteiger charge is -2.15. The van der Waals surface area contributed by atoms with Gasteiger partial charge in [0.2, 0.25) is 0 Å². The number of hydrogen-bond acceptors (Lipinski definition) is 6. The number of benzene rings is 3. The van der Waals surface area contributed by atoms with Crippen LogP contribution in [0.1, 0.15) is 17.3 Å². The number of halogens is 2. The minimum absolute atomic E-state index is 0.0490. The molecule has 2 N–H and O–H groups in total. The maximum Gasteiger partial charge on any atom is 0.338 e. The normalized spacial score (nSPS) is 11.9. The van der Waals surface area contributed by atoms with Gasteiger partial charge in [-0.1, -0.05) is 41.4 Å². The third-order valence-electron chi connectivity index (χ3n) is 4.57. The molecule has 1 atom stereocenters. The summed E-state index contributed by atoms with van der Waals surface area (Å²) < 4.78 is 38.4. The van der Waals surface area contributed by atoms with Gasteiger partial charge in [0.05, 0.1) is 34.0 Å². The van der Waals surface area contributed by atoms with Crippen LogP contribution in [0.25, 0.3) is 0 Å². The van der Waals surface area contributed by atoms with Crippen LogP contribution in [0.15, 0.2) is 71.6 Å². The molecular weight excluding hydrogens is 503 g/mol. The highest BCUT2D eigenvalue weighted by atomic mass is 35.5. The van der Waals surface area contributed by atoms with Gasteiger partial charge in [-0.15, -0.1) is 0 Å². The summed E-state index contributed by atoms with van der Waals surface area (Å²) in [6.07, 6.45) is -1.19. The van der Waals surface area contributed by atoms with Gasteiger partial charge in [-0.05, 0) is 55.5 Å². The molecule has 0 aliphatic carbocycles. The molecule has 34 heavy (non-hydrogen) atoms. The summed E-state index contributed by atoms with van der Waals surface area (Å²) in [6, 6.07) is 16.3. The fraction of sp³-hybridized carbons (Fsp3) is 0.130. The van der Waals surface area contributed by atoms with Gasteiger partial charge >= 0.3 is 5.97 Å². The SMILES string of the molecule is COc1ccccc1NS(=O)(=O)c1cccc(C(=O)OC(C)C(=O)Nc2ccc(Cl)cc2Cl)c1. The predicted octanol–water partition coefficient (Wildman–Crippen LogP) is 4.99. The minimum atomic E-state index is -4.04. The Hall–Kier alpha value is -3.27. The van der Waals surface area contributed by atoms with Gasteiger partial charge in [0.15, 0.2) is 6.10 Å². The molecule has 0 radical (unpaired) electrons. The van der Waals surface area contributed by atoms with Gasteiger partial charge in [0.25, 0.3) is 15.9 Å². The fourth-order valence-electron chi connectivity index (χ4n) is 2.83. The zero-order valence-electron chi connectivity index (χ0n) is 18.0. The Morgan fingerprint density at radius 3 is 2.38 bits per heavy atom. The Labute approximate surface area is 206 Å². The average Bonchev–Trinajstić information content (AvgIpc) is 2.81. The second-order valence-electron chi connectivity index (χ2n) is 6.99. The summed E-state index contributed by atoms with van der Waals surface area (Å²) >= 11 is 11.9. The molecule has 178 valence electrons. The van der Waals surface area contributed by atoms with E-state index in [4.69, 9.17) is 32.7 Å². The molecule has 3 rings (SSSR count). The van der Waals surface area contributed by atoms with Crippen molar-refractivity contribution in [3.63, 3.8) is 0 Å². The Morgan fingerprint density at radius 1 is 0.941 bits per heavy atom. The number of sulfonamides is 1. The number of methoxy groups -OCH3 is 1. The van der Waals surface area contributed by atoms with Crippen molar-refractivity contribution in [1.82, 2.24) is 0 Å². The Bertz CT molecular complexity index is 1330. The van der Waals surface area contributed by atoms with E-state index in [9.17, 15) is 18.0 Å². The smallest absolute Gasteiger partial charge is 0.338 e. The van der Waals surface area contributed by atoms with Crippen molar-refractivity contribution >= 4 is 56.5 Å². The zero-order chi connectivity index (χ0) is 24.9. The number of esters is 1. The molecule has 1 unspecified atom stereocenters. The van der Waals surface area contributed by atoms with Crippen LogP contribution in [0.3, 0.4) is 0 Å². The van der Waals surface area contributed by atoms with E-state index in [1.807, 2.05) is 0 Å². The average molecular weight is 523 g/mol. The van der Waals surface area contributed by atoms with E-state index in [1.165, 1.54) is 44.4 Å². The number of para-hydroxylation sites is 2. The van der Waals surface area contributed by atoms with Crippen molar-refractivity contribution in [2.75, 3.05) is 17.1 Å². The van der Waals surface area contributed by atoms with E-state index in [0.717, 1.165) is 6.07 Å². The number of amides is 1. The monoisotopic (exact) mass is 522 g/mol. The molecule has 0 fully saturated rings. The summed E-state index contributed by atoms with van der Waals surface area (Å²) in [5.74, 6) is -1.17. The van der Waals surface area contributed by atoms with Gasteiger partial charge in [-0.3, -0.25) is 9.52 Å². The van der Waals surface area contributed by atoms with Crippen LogP contribution >= 0.6 is 23.2 Å². The van der Waals surface area contributed by atoms with E-state index in [0.29, 0.717) is 16.5 Å². The standard InChI is InChI=1S/C23H20Cl2N2O6S/c1-14(22(28)26-19-11-10-16(24)13-18(19)25)33-23(29)15-6-5-7-17(12-15)34(30,31)27-20-8-3-4-9-21(20)32-2/h3-14,27H,1-2H3,(H,26,28). The van der Waals surface area contributed by atoms with E-state index < -0.39 is 28.0 Å². The third-order valence-corrected chi connectivity index (χ3v) is 6.48. The molecule has 0 saturated heterocycles. The summed E-state index contributed by atoms with van der Waals surface area (Å²) in [5, 5.41) is 3.17. The van der Waals surface area contributed by atoms with Crippen molar-refractivity contribution < 1.29 is 27.5 Å². The lowest BCUT2D eigenvalue weighted by atomic mass is 10.2. The topological polar surface area (TPSA) is 111 Å². The molecule has 0 spiro atoms. The molecule has 3 aromatic rings. The first-order valence-corrected chi connectivity index (χ1v) is 12.1. The van der Waals surface area contributed by atoms with E-state index in [-0.39, 0.29) is 21.2 Å². The van der Waals surface area contributed by atoms with Gasteiger partial charge in [-0.2, -0.15) is 0 Å². The number of carbonyl (C=O) groups is 2. The number of carbonyl (C=O) groups excluding carboxylic acids is 2. The number of nitrogens with one attached hydrogen (secondary N) is 2. The second-order valence-corrected chi connectivity index (χ2v) is 9.52. The number of hydrogen-bond donors (Lipinski definition) is 2. The first kappa shape index (κ1) is 25.4. The number of anilines is 2. The highest BCUT2D eigenvalue weighted by molar-refractivity contribution is 7.92. The van der Waals surface area contributed by atoms with Crippen LogP contribution in [0.2, 0.25) is 10.0 Å². The van der Waals surface area contributed by atoms with Crippen LogP contribution in [-0.4, -0.2) is 33.5 Å². The van der Waals surface area contributed by atoms with Crippen LogP contribution in [-0.2, 0) is 19.6 Å². The summed E-state index contributed by atoms with van der Waals surface area (Å²) in [7, 11) is -2.62. The molecule has 3 aromatic carbocycles. The van der Waals surface area contributed by atoms with Crippen molar-refractivity contribution in [3.8, 4) is 5.75 Å².